The topological polar surface area (TPSA) is 66.9 Å². The molecule has 5 rings (SSSR count). The number of hydrogen-bond donors (Lipinski definition) is 1. The van der Waals surface area contributed by atoms with Crippen molar-refractivity contribution < 1.29 is 18.7 Å². The molecule has 2 heterocycles. The van der Waals surface area contributed by atoms with Crippen LogP contribution < -0.4 is 14.8 Å². The smallest absolute Gasteiger partial charge is 0.256 e. The van der Waals surface area contributed by atoms with E-state index in [1.165, 1.54) is 12.1 Å². The number of hydrogen-bond acceptors (Lipinski definition) is 6. The second kappa shape index (κ2) is 15.2. The van der Waals surface area contributed by atoms with E-state index in [0.29, 0.717) is 54.2 Å². The minimum absolute atomic E-state index is 0.0164. The maximum Gasteiger partial charge on any atom is 0.256 e. The van der Waals surface area contributed by atoms with Gasteiger partial charge >= 0.3 is 0 Å². The van der Waals surface area contributed by atoms with E-state index < -0.39 is 0 Å². The molecule has 3 aromatic carbocycles. The van der Waals surface area contributed by atoms with Gasteiger partial charge in [-0.15, -0.1) is 0 Å². The van der Waals surface area contributed by atoms with Gasteiger partial charge in [0, 0.05) is 50.0 Å². The van der Waals surface area contributed by atoms with E-state index in [1.807, 2.05) is 65.6 Å². The lowest BCUT2D eigenvalue weighted by Crippen LogP contribution is -2.41. The van der Waals surface area contributed by atoms with Crippen molar-refractivity contribution in [1.82, 2.24) is 14.8 Å². The summed E-state index contributed by atoms with van der Waals surface area (Å²) in [7, 11) is 1.64. The molecule has 0 spiro atoms. The molecule has 0 unspecified atom stereocenters. The fourth-order valence-electron chi connectivity index (χ4n) is 5.81. The Balaban J connectivity index is 1.50. The number of methoxy groups -OCH3 is 1. The van der Waals surface area contributed by atoms with Crippen molar-refractivity contribution in [3.05, 3.63) is 107 Å². The predicted octanol–water partition coefficient (Wildman–Crippen LogP) is 7.77. The maximum absolute atomic E-state index is 14.4. The number of fused-ring (bicyclic) bond motifs is 1. The van der Waals surface area contributed by atoms with Gasteiger partial charge in [-0.1, -0.05) is 50.2 Å². The molecule has 46 heavy (non-hydrogen) atoms. The van der Waals surface area contributed by atoms with Crippen molar-refractivity contribution in [1.29, 1.82) is 0 Å². The summed E-state index contributed by atoms with van der Waals surface area (Å²) in [6, 6.07) is 24.6. The highest BCUT2D eigenvalue weighted by atomic mass is 19.1. The molecule has 0 bridgehead atoms. The number of aromatic nitrogens is 1. The molecule has 4 aromatic rings. The number of carbonyl (C=O) groups excluding carboxylic acids is 1. The van der Waals surface area contributed by atoms with Crippen LogP contribution in [0.15, 0.2) is 78.9 Å². The molecule has 1 aromatic heterocycles. The second-order valence-electron chi connectivity index (χ2n) is 12.4. The third-order valence-electron chi connectivity index (χ3n) is 8.45. The van der Waals surface area contributed by atoms with Crippen LogP contribution in [0.2, 0.25) is 0 Å². The van der Waals surface area contributed by atoms with Crippen LogP contribution in [0.3, 0.4) is 0 Å². The van der Waals surface area contributed by atoms with Gasteiger partial charge < -0.3 is 19.7 Å². The van der Waals surface area contributed by atoms with Crippen LogP contribution in [0, 0.1) is 5.82 Å². The monoisotopic (exact) mass is 624 g/mol. The van der Waals surface area contributed by atoms with Crippen molar-refractivity contribution in [3.63, 3.8) is 0 Å². The summed E-state index contributed by atoms with van der Waals surface area (Å²) in [5.74, 6) is 0.971. The molecule has 0 atom stereocenters. The minimum atomic E-state index is -0.297. The summed E-state index contributed by atoms with van der Waals surface area (Å²) in [6.07, 6.45) is 0.923. The number of halogens is 1. The molecule has 7 nitrogen and oxygen atoms in total. The molecule has 1 aliphatic heterocycles. The number of amides is 1. The Morgan fingerprint density at radius 1 is 0.957 bits per heavy atom. The average Bonchev–Trinajstić information content (AvgIpc) is 3.10. The Morgan fingerprint density at radius 2 is 1.76 bits per heavy atom. The highest BCUT2D eigenvalue weighted by molar-refractivity contribution is 5.96. The first-order valence-electron chi connectivity index (χ1n) is 16.1. The molecular formula is C38H45FN4O3. The largest absolute Gasteiger partial charge is 0.497 e. The number of nitrogens with one attached hydrogen (secondary N) is 1. The van der Waals surface area contributed by atoms with Crippen LogP contribution in [0.5, 0.6) is 11.5 Å². The predicted molar refractivity (Wildman–Crippen MR) is 182 cm³/mol. The van der Waals surface area contributed by atoms with Gasteiger partial charge in [-0.2, -0.15) is 0 Å². The first-order valence-corrected chi connectivity index (χ1v) is 16.1. The molecule has 0 saturated heterocycles. The van der Waals surface area contributed by atoms with Crippen LogP contribution in [-0.4, -0.2) is 60.0 Å². The van der Waals surface area contributed by atoms with E-state index in [9.17, 15) is 9.18 Å². The highest BCUT2D eigenvalue weighted by Crippen LogP contribution is 2.35. The van der Waals surface area contributed by atoms with E-state index in [4.69, 9.17) is 14.5 Å². The third kappa shape index (κ3) is 8.04. The molecule has 1 aliphatic rings. The van der Waals surface area contributed by atoms with Crippen LogP contribution in [0.25, 0.3) is 11.3 Å². The number of ether oxygens (including phenoxy) is 2. The van der Waals surface area contributed by atoms with Gasteiger partial charge in [0.05, 0.1) is 24.1 Å². The van der Waals surface area contributed by atoms with Crippen molar-refractivity contribution in [2.75, 3.05) is 38.6 Å². The summed E-state index contributed by atoms with van der Waals surface area (Å²) < 4.78 is 26.1. The Bertz CT molecular complexity index is 1630. The normalized spacial score (nSPS) is 14.4. The fourth-order valence-corrected chi connectivity index (χ4v) is 5.81. The van der Waals surface area contributed by atoms with Gasteiger partial charge in [-0.3, -0.25) is 14.7 Å². The van der Waals surface area contributed by atoms with Gasteiger partial charge in [0.25, 0.3) is 5.91 Å². The van der Waals surface area contributed by atoms with Crippen molar-refractivity contribution in [3.8, 4) is 22.8 Å². The van der Waals surface area contributed by atoms with E-state index in [0.717, 1.165) is 48.4 Å². The van der Waals surface area contributed by atoms with Crippen LogP contribution in [-0.2, 0) is 13.2 Å². The van der Waals surface area contributed by atoms with Gasteiger partial charge in [-0.05, 0) is 79.8 Å². The lowest BCUT2D eigenvalue weighted by molar-refractivity contribution is 0.0710. The van der Waals surface area contributed by atoms with Gasteiger partial charge in [0.2, 0.25) is 0 Å². The van der Waals surface area contributed by atoms with E-state index in [2.05, 4.69) is 37.9 Å². The summed E-state index contributed by atoms with van der Waals surface area (Å²) in [6.45, 7) is 12.1. The molecule has 0 fully saturated rings. The summed E-state index contributed by atoms with van der Waals surface area (Å²) >= 11 is 0. The van der Waals surface area contributed by atoms with Crippen LogP contribution in [0.1, 0.15) is 67.2 Å². The van der Waals surface area contributed by atoms with Gasteiger partial charge in [-0.25, -0.2) is 4.39 Å². The first-order chi connectivity index (χ1) is 22.2. The van der Waals surface area contributed by atoms with E-state index in [-0.39, 0.29) is 17.6 Å². The molecule has 1 N–H and O–H groups in total. The summed E-state index contributed by atoms with van der Waals surface area (Å²) in [5.41, 5.74) is 5.46. The molecule has 0 radical (unpaired) electrons. The minimum Gasteiger partial charge on any atom is -0.497 e. The summed E-state index contributed by atoms with van der Waals surface area (Å²) in [5, 5.41) is 3.41. The summed E-state index contributed by atoms with van der Waals surface area (Å²) in [4.78, 5) is 23.8. The number of pyridine rings is 1. The number of rotatable bonds is 8. The lowest BCUT2D eigenvalue weighted by Gasteiger charge is -2.30. The van der Waals surface area contributed by atoms with Gasteiger partial charge in [0.1, 0.15) is 23.9 Å². The standard InChI is InChI=1S/C38H45FN4O3/c1-26(2)37-32(15-16-34(41-37)33-23-31(45-5)14-17-36(33)46-25-28-10-7-6-8-11-28)38(44)43-21-20-42(27(3)4)19-9-18-40-35-22-30(39)13-12-29(35)24-43/h6-8,10-17,22-23,26-27,40H,9,18-21,24-25H2,1-5H3. The Morgan fingerprint density at radius 3 is 2.50 bits per heavy atom. The number of benzene rings is 3. The lowest BCUT2D eigenvalue weighted by atomic mass is 9.99. The second-order valence-corrected chi connectivity index (χ2v) is 12.4. The zero-order valence-corrected chi connectivity index (χ0v) is 27.6. The third-order valence-corrected chi connectivity index (χ3v) is 8.45. The zero-order valence-electron chi connectivity index (χ0n) is 27.6. The molecular weight excluding hydrogens is 579 g/mol. The average molecular weight is 625 g/mol. The maximum atomic E-state index is 14.4. The van der Waals surface area contributed by atoms with E-state index >= 15 is 0 Å². The Kier molecular flexibility index (Phi) is 10.9. The SMILES string of the molecule is COc1ccc(OCc2ccccc2)c(-c2ccc(C(=O)N3CCN(C(C)C)CCCNc4cc(F)ccc4C3)c(C(C)C)n2)c1. The molecule has 0 aliphatic carbocycles. The Labute approximate surface area is 272 Å². The fraction of sp³-hybridized carbons (Fsp3) is 0.368. The van der Waals surface area contributed by atoms with Crippen LogP contribution >= 0.6 is 0 Å². The van der Waals surface area contributed by atoms with Crippen molar-refractivity contribution >= 4 is 11.6 Å². The number of nitrogens with zero attached hydrogens (tertiary/aromatic N) is 3. The molecule has 242 valence electrons. The number of carbonyl (C=O) groups is 1. The van der Waals surface area contributed by atoms with Gasteiger partial charge in [0.15, 0.2) is 0 Å². The quantitative estimate of drug-likeness (QED) is 0.216. The molecule has 8 heteroatoms. The van der Waals surface area contributed by atoms with E-state index in [1.54, 1.807) is 13.2 Å². The van der Waals surface area contributed by atoms with Crippen molar-refractivity contribution in [2.24, 2.45) is 0 Å². The first kappa shape index (κ1) is 32.9. The van der Waals surface area contributed by atoms with Crippen molar-refractivity contribution in [2.45, 2.75) is 59.2 Å². The Hall–Kier alpha value is -4.43. The highest BCUT2D eigenvalue weighted by Gasteiger charge is 2.25. The molecule has 1 amide bonds. The zero-order chi connectivity index (χ0) is 32.6. The number of anilines is 1. The van der Waals surface area contributed by atoms with Crippen LogP contribution in [0.4, 0.5) is 10.1 Å². The molecule has 0 saturated carbocycles.